The van der Waals surface area contributed by atoms with Gasteiger partial charge >= 0.3 is 0 Å². The molecule has 128 valence electrons. The number of ether oxygens (including phenoxy) is 2. The van der Waals surface area contributed by atoms with E-state index in [9.17, 15) is 4.79 Å². The van der Waals surface area contributed by atoms with Gasteiger partial charge in [-0.25, -0.2) is 0 Å². The van der Waals surface area contributed by atoms with Crippen LogP contribution in [0.5, 0.6) is 11.5 Å². The van der Waals surface area contributed by atoms with Crippen LogP contribution in [0.2, 0.25) is 0 Å². The van der Waals surface area contributed by atoms with Gasteiger partial charge in [-0.1, -0.05) is 35.9 Å². The molecule has 1 amide bonds. The molecule has 2 rings (SSSR count). The van der Waals surface area contributed by atoms with E-state index < -0.39 is 6.10 Å². The molecule has 4 heteroatoms. The summed E-state index contributed by atoms with van der Waals surface area (Å²) in [5.41, 5.74) is 2.23. The van der Waals surface area contributed by atoms with Crippen molar-refractivity contribution in [3.05, 3.63) is 59.7 Å². The number of hydrogen-bond donors (Lipinski definition) is 1. The monoisotopic (exact) mass is 327 g/mol. The molecule has 0 bridgehead atoms. The first-order valence-electron chi connectivity index (χ1n) is 8.18. The molecule has 2 unspecified atom stereocenters. The summed E-state index contributed by atoms with van der Waals surface area (Å²) in [5, 5.41) is 2.91. The Bertz CT molecular complexity index is 667. The molecule has 2 aromatic carbocycles. The average Bonchev–Trinajstić information content (AvgIpc) is 2.56. The van der Waals surface area contributed by atoms with E-state index in [0.717, 1.165) is 16.9 Å². The third kappa shape index (κ3) is 5.30. The highest BCUT2D eigenvalue weighted by Crippen LogP contribution is 2.16. The molecular weight excluding hydrogens is 302 g/mol. The summed E-state index contributed by atoms with van der Waals surface area (Å²) in [4.78, 5) is 12.2. The van der Waals surface area contributed by atoms with Crippen LogP contribution in [0, 0.1) is 13.8 Å². The maximum absolute atomic E-state index is 12.2. The second-order valence-corrected chi connectivity index (χ2v) is 6.06. The van der Waals surface area contributed by atoms with E-state index in [0.29, 0.717) is 12.4 Å². The average molecular weight is 327 g/mol. The number of amides is 1. The Labute approximate surface area is 143 Å². The van der Waals surface area contributed by atoms with Crippen LogP contribution in [0.15, 0.2) is 48.5 Å². The zero-order valence-corrected chi connectivity index (χ0v) is 14.7. The Morgan fingerprint density at radius 3 is 2.38 bits per heavy atom. The Morgan fingerprint density at radius 2 is 1.71 bits per heavy atom. The van der Waals surface area contributed by atoms with E-state index in [1.54, 1.807) is 6.92 Å². The van der Waals surface area contributed by atoms with Crippen molar-refractivity contribution < 1.29 is 14.3 Å². The lowest BCUT2D eigenvalue weighted by Crippen LogP contribution is -2.43. The van der Waals surface area contributed by atoms with Gasteiger partial charge in [0.05, 0.1) is 6.04 Å². The van der Waals surface area contributed by atoms with Crippen molar-refractivity contribution in [2.24, 2.45) is 0 Å². The van der Waals surface area contributed by atoms with Crippen LogP contribution in [0.25, 0.3) is 0 Å². The number of hydrogen-bond acceptors (Lipinski definition) is 3. The SMILES string of the molecule is Cc1ccc(OC(C)C(=O)NC(C)COc2ccccc2C)cc1. The van der Waals surface area contributed by atoms with Gasteiger partial charge in [0.2, 0.25) is 0 Å². The van der Waals surface area contributed by atoms with Crippen LogP contribution in [-0.4, -0.2) is 24.7 Å². The van der Waals surface area contributed by atoms with E-state index in [4.69, 9.17) is 9.47 Å². The molecule has 0 aromatic heterocycles. The first-order chi connectivity index (χ1) is 11.5. The highest BCUT2D eigenvalue weighted by Gasteiger charge is 2.17. The van der Waals surface area contributed by atoms with Crippen molar-refractivity contribution in [3.8, 4) is 11.5 Å². The number of benzene rings is 2. The van der Waals surface area contributed by atoms with Gasteiger partial charge in [0.15, 0.2) is 6.10 Å². The molecule has 0 aliphatic rings. The van der Waals surface area contributed by atoms with Crippen molar-refractivity contribution in [2.75, 3.05) is 6.61 Å². The molecule has 0 aliphatic heterocycles. The van der Waals surface area contributed by atoms with E-state index in [1.807, 2.05) is 69.3 Å². The zero-order chi connectivity index (χ0) is 17.5. The lowest BCUT2D eigenvalue weighted by atomic mass is 10.2. The Morgan fingerprint density at radius 1 is 1.04 bits per heavy atom. The third-order valence-corrected chi connectivity index (χ3v) is 3.67. The fourth-order valence-electron chi connectivity index (χ4n) is 2.21. The number of carbonyl (C=O) groups excluding carboxylic acids is 1. The van der Waals surface area contributed by atoms with Crippen LogP contribution < -0.4 is 14.8 Å². The fourth-order valence-corrected chi connectivity index (χ4v) is 2.21. The van der Waals surface area contributed by atoms with Gasteiger partial charge < -0.3 is 14.8 Å². The van der Waals surface area contributed by atoms with Crippen molar-refractivity contribution in [2.45, 2.75) is 39.8 Å². The summed E-state index contributed by atoms with van der Waals surface area (Å²) in [6, 6.07) is 15.4. The predicted molar refractivity (Wildman–Crippen MR) is 95.5 cm³/mol. The van der Waals surface area contributed by atoms with Crippen LogP contribution in [0.1, 0.15) is 25.0 Å². The van der Waals surface area contributed by atoms with Gasteiger partial charge in [0, 0.05) is 0 Å². The first-order valence-corrected chi connectivity index (χ1v) is 8.18. The summed E-state index contributed by atoms with van der Waals surface area (Å²) in [5.74, 6) is 1.37. The summed E-state index contributed by atoms with van der Waals surface area (Å²) in [6.45, 7) is 8.07. The van der Waals surface area contributed by atoms with E-state index in [1.165, 1.54) is 0 Å². The van der Waals surface area contributed by atoms with E-state index >= 15 is 0 Å². The number of carbonyl (C=O) groups is 1. The zero-order valence-electron chi connectivity index (χ0n) is 14.7. The van der Waals surface area contributed by atoms with Crippen LogP contribution >= 0.6 is 0 Å². The predicted octanol–water partition coefficient (Wildman–Crippen LogP) is 3.65. The summed E-state index contributed by atoms with van der Waals surface area (Å²) in [7, 11) is 0. The molecule has 0 fully saturated rings. The summed E-state index contributed by atoms with van der Waals surface area (Å²) in [6.07, 6.45) is -0.561. The number of rotatable bonds is 7. The second kappa shape index (κ2) is 8.39. The minimum absolute atomic E-state index is 0.110. The molecular formula is C20H25NO3. The second-order valence-electron chi connectivity index (χ2n) is 6.06. The lowest BCUT2D eigenvalue weighted by molar-refractivity contribution is -0.128. The quantitative estimate of drug-likeness (QED) is 0.844. The van der Waals surface area contributed by atoms with Crippen molar-refractivity contribution in [1.82, 2.24) is 5.32 Å². The number of aryl methyl sites for hydroxylation is 2. The maximum atomic E-state index is 12.2. The van der Waals surface area contributed by atoms with Gasteiger partial charge in [-0.2, -0.15) is 0 Å². The molecule has 2 atom stereocenters. The van der Waals surface area contributed by atoms with Gasteiger partial charge in [0.25, 0.3) is 5.91 Å². The molecule has 0 saturated carbocycles. The summed E-state index contributed by atoms with van der Waals surface area (Å²) < 4.78 is 11.4. The maximum Gasteiger partial charge on any atom is 0.261 e. The van der Waals surface area contributed by atoms with Crippen molar-refractivity contribution in [3.63, 3.8) is 0 Å². The smallest absolute Gasteiger partial charge is 0.261 e. The molecule has 4 nitrogen and oxygen atoms in total. The van der Waals surface area contributed by atoms with Crippen LogP contribution in [0.4, 0.5) is 0 Å². The lowest BCUT2D eigenvalue weighted by Gasteiger charge is -2.19. The van der Waals surface area contributed by atoms with E-state index in [-0.39, 0.29) is 11.9 Å². The number of nitrogens with one attached hydrogen (secondary N) is 1. The van der Waals surface area contributed by atoms with Gasteiger partial charge in [-0.3, -0.25) is 4.79 Å². The molecule has 1 N–H and O–H groups in total. The molecule has 0 spiro atoms. The number of para-hydroxylation sites is 1. The van der Waals surface area contributed by atoms with Gasteiger partial charge in [-0.15, -0.1) is 0 Å². The van der Waals surface area contributed by atoms with Crippen molar-refractivity contribution in [1.29, 1.82) is 0 Å². The molecule has 0 aliphatic carbocycles. The molecule has 24 heavy (non-hydrogen) atoms. The summed E-state index contributed by atoms with van der Waals surface area (Å²) >= 11 is 0. The molecule has 0 saturated heterocycles. The van der Waals surface area contributed by atoms with Gasteiger partial charge in [0.1, 0.15) is 18.1 Å². The normalized spacial score (nSPS) is 13.0. The van der Waals surface area contributed by atoms with Crippen LogP contribution in [0.3, 0.4) is 0 Å². The fraction of sp³-hybridized carbons (Fsp3) is 0.350. The molecule has 0 heterocycles. The van der Waals surface area contributed by atoms with Crippen LogP contribution in [-0.2, 0) is 4.79 Å². The van der Waals surface area contributed by atoms with Crippen molar-refractivity contribution >= 4 is 5.91 Å². The first kappa shape index (κ1) is 17.9. The van der Waals surface area contributed by atoms with E-state index in [2.05, 4.69) is 5.32 Å². The molecule has 0 radical (unpaired) electrons. The molecule has 2 aromatic rings. The minimum Gasteiger partial charge on any atom is -0.491 e. The standard InChI is InChI=1S/C20H25NO3/c1-14-9-11-18(12-10-14)24-17(4)20(22)21-16(3)13-23-19-8-6-5-7-15(19)2/h5-12,16-17H,13H2,1-4H3,(H,21,22). The Hall–Kier alpha value is -2.49. The Balaban J connectivity index is 1.80. The highest BCUT2D eigenvalue weighted by molar-refractivity contribution is 5.81. The third-order valence-electron chi connectivity index (χ3n) is 3.67. The minimum atomic E-state index is -0.561. The Kier molecular flexibility index (Phi) is 6.24. The topological polar surface area (TPSA) is 47.6 Å². The highest BCUT2D eigenvalue weighted by atomic mass is 16.5. The van der Waals surface area contributed by atoms with Gasteiger partial charge in [-0.05, 0) is 51.5 Å². The largest absolute Gasteiger partial charge is 0.491 e.